The molecule has 1 aliphatic rings. The van der Waals surface area contributed by atoms with Gasteiger partial charge in [0.1, 0.15) is 11.2 Å². The Morgan fingerprint density at radius 1 is 1.29 bits per heavy atom. The first-order valence-corrected chi connectivity index (χ1v) is 7.08. The lowest BCUT2D eigenvalue weighted by molar-refractivity contribution is -0.880. The van der Waals surface area contributed by atoms with Crippen LogP contribution < -0.4 is 20.4 Å². The fourth-order valence-electron chi connectivity index (χ4n) is 2.79. The van der Waals surface area contributed by atoms with Gasteiger partial charge in [-0.15, -0.1) is 5.10 Å². The molecule has 0 aromatic carbocycles. The Labute approximate surface area is 126 Å². The van der Waals surface area contributed by atoms with Crippen LogP contribution in [0.4, 0.5) is 17.2 Å². The second-order valence-corrected chi connectivity index (χ2v) is 5.76. The number of piperazine rings is 1. The highest BCUT2D eigenvalue weighted by molar-refractivity contribution is 5.91. The van der Waals surface area contributed by atoms with Crippen LogP contribution in [0.5, 0.6) is 0 Å². The summed E-state index contributed by atoms with van der Waals surface area (Å²) in [5, 5.41) is 4.69. The third-order valence-corrected chi connectivity index (χ3v) is 4.05. The van der Waals surface area contributed by atoms with Gasteiger partial charge in [0, 0.05) is 20.3 Å². The number of hydrogen-bond donors (Lipinski definition) is 2. The average Bonchev–Trinajstić information content (AvgIpc) is 2.77. The molecule has 1 fully saturated rings. The zero-order valence-corrected chi connectivity index (χ0v) is 13.4. The molecule has 0 saturated carbocycles. The number of nitrogens with two attached hydrogens (primary N) is 1. The number of nitrogen functional groups attached to an aromatic ring is 1. The summed E-state index contributed by atoms with van der Waals surface area (Å²) in [6, 6.07) is 4.08. The maximum Gasteiger partial charge on any atom is 0.175 e. The molecular weight excluding hydrogens is 264 g/mol. The highest BCUT2D eigenvalue weighted by Crippen LogP contribution is 2.32. The molecule has 3 rings (SSSR count). The number of rotatable bonds is 2. The molecule has 2 aromatic rings. The van der Waals surface area contributed by atoms with E-state index in [2.05, 4.69) is 28.0 Å². The number of hydrogen-bond acceptors (Lipinski definition) is 4. The van der Waals surface area contributed by atoms with E-state index >= 15 is 0 Å². The van der Waals surface area contributed by atoms with Gasteiger partial charge >= 0.3 is 0 Å². The third kappa shape index (κ3) is 2.63. The highest BCUT2D eigenvalue weighted by Gasteiger charge is 2.23. The number of fused-ring (bicyclic) bond motifs is 1. The Morgan fingerprint density at radius 3 is 2.57 bits per heavy atom. The smallest absolute Gasteiger partial charge is 0.175 e. The summed E-state index contributed by atoms with van der Waals surface area (Å²) in [5.74, 6) is 0.923. The molecule has 0 spiro atoms. The number of quaternary nitrogens is 1. The first-order chi connectivity index (χ1) is 9.58. The van der Waals surface area contributed by atoms with E-state index in [0.29, 0.717) is 0 Å². The number of anilines is 3. The standard InChI is InChI=1S/C14H22N6.CH3/c1-17(2)11-5-4-6-20-13(11)12(15)14(16-20)19-9-7-18(3)8-10-19;/h4-6H,7-10,15H2,1-3H3;1H3/q;-1/p+1. The van der Waals surface area contributed by atoms with Crippen LogP contribution in [0.2, 0.25) is 0 Å². The van der Waals surface area contributed by atoms with Gasteiger partial charge in [0.15, 0.2) is 5.82 Å². The lowest BCUT2D eigenvalue weighted by atomic mass is 10.2. The second-order valence-electron chi connectivity index (χ2n) is 5.76. The van der Waals surface area contributed by atoms with E-state index in [1.54, 1.807) is 4.90 Å². The van der Waals surface area contributed by atoms with Gasteiger partial charge in [-0.2, -0.15) is 0 Å². The molecule has 0 radical (unpaired) electrons. The summed E-state index contributed by atoms with van der Waals surface area (Å²) < 4.78 is 1.89. The maximum atomic E-state index is 6.38. The van der Waals surface area contributed by atoms with Gasteiger partial charge in [-0.05, 0) is 12.1 Å². The van der Waals surface area contributed by atoms with Crippen molar-refractivity contribution in [2.24, 2.45) is 0 Å². The summed E-state index contributed by atoms with van der Waals surface area (Å²) >= 11 is 0. The Kier molecular flexibility index (Phi) is 4.27. The zero-order chi connectivity index (χ0) is 14.3. The van der Waals surface area contributed by atoms with Gasteiger partial charge in [0.2, 0.25) is 0 Å². The molecule has 21 heavy (non-hydrogen) atoms. The summed E-state index contributed by atoms with van der Waals surface area (Å²) in [5.41, 5.74) is 9.27. The fourth-order valence-corrected chi connectivity index (χ4v) is 2.79. The van der Waals surface area contributed by atoms with Crippen LogP contribution in [0.15, 0.2) is 18.3 Å². The predicted octanol–water partition coefficient (Wildman–Crippen LogP) is -0.233. The second kappa shape index (κ2) is 5.81. The summed E-state index contributed by atoms with van der Waals surface area (Å²) in [6.07, 6.45) is 1.96. The van der Waals surface area contributed by atoms with E-state index in [4.69, 9.17) is 5.73 Å². The number of nitrogens with one attached hydrogen (secondary N) is 1. The summed E-state index contributed by atoms with van der Waals surface area (Å²) in [7, 11) is 6.29. The normalized spacial score (nSPS) is 16.0. The lowest BCUT2D eigenvalue weighted by Gasteiger charge is -2.30. The maximum absolute atomic E-state index is 6.38. The van der Waals surface area contributed by atoms with Crippen molar-refractivity contribution in [1.82, 2.24) is 9.61 Å². The van der Waals surface area contributed by atoms with Gasteiger partial charge in [0.25, 0.3) is 0 Å². The van der Waals surface area contributed by atoms with Crippen molar-refractivity contribution in [3.63, 3.8) is 0 Å². The molecule has 1 saturated heterocycles. The molecule has 2 aromatic heterocycles. The van der Waals surface area contributed by atoms with Gasteiger partial charge in [-0.3, -0.25) is 0 Å². The number of aromatic nitrogens is 2. The largest absolute Gasteiger partial charge is 0.394 e. The molecule has 3 heterocycles. The Bertz CT molecular complexity index is 610. The first-order valence-electron chi connectivity index (χ1n) is 7.08. The van der Waals surface area contributed by atoms with Crippen molar-refractivity contribution in [3.8, 4) is 0 Å². The molecule has 116 valence electrons. The van der Waals surface area contributed by atoms with Crippen molar-refractivity contribution >= 4 is 22.7 Å². The van der Waals surface area contributed by atoms with Crippen molar-refractivity contribution in [2.45, 2.75) is 0 Å². The van der Waals surface area contributed by atoms with Gasteiger partial charge < -0.3 is 27.9 Å². The molecule has 0 bridgehead atoms. The van der Waals surface area contributed by atoms with Crippen LogP contribution in [0, 0.1) is 7.43 Å². The van der Waals surface area contributed by atoms with E-state index < -0.39 is 0 Å². The zero-order valence-electron chi connectivity index (χ0n) is 13.4. The number of likely N-dealkylation sites (N-methyl/N-ethyl adjacent to an activating group) is 1. The predicted molar refractivity (Wildman–Crippen MR) is 89.2 cm³/mol. The van der Waals surface area contributed by atoms with E-state index in [-0.39, 0.29) is 7.43 Å². The van der Waals surface area contributed by atoms with Crippen LogP contribution in [0.25, 0.3) is 5.52 Å². The SMILES string of the molecule is CN(C)c1cccn2nc(N3CC[NH+](C)CC3)c(N)c12.[CH3-]. The molecule has 3 N–H and O–H groups in total. The Balaban J connectivity index is 0.00000161. The minimum Gasteiger partial charge on any atom is -0.394 e. The average molecular weight is 290 g/mol. The minimum absolute atomic E-state index is 0. The minimum atomic E-state index is 0. The van der Waals surface area contributed by atoms with E-state index in [9.17, 15) is 0 Å². The first kappa shape index (κ1) is 15.4. The molecule has 6 nitrogen and oxygen atoms in total. The molecule has 6 heteroatoms. The quantitative estimate of drug-likeness (QED) is 0.750. The third-order valence-electron chi connectivity index (χ3n) is 4.05. The monoisotopic (exact) mass is 290 g/mol. The van der Waals surface area contributed by atoms with Crippen molar-refractivity contribution in [2.75, 3.05) is 62.9 Å². The van der Waals surface area contributed by atoms with Crippen molar-refractivity contribution in [3.05, 3.63) is 25.8 Å². The van der Waals surface area contributed by atoms with Crippen LogP contribution in [-0.2, 0) is 0 Å². The van der Waals surface area contributed by atoms with Gasteiger partial charge in [-0.1, -0.05) is 0 Å². The number of pyridine rings is 1. The molecular formula is C15H26N6. The summed E-state index contributed by atoms with van der Waals surface area (Å²) in [6.45, 7) is 4.29. The van der Waals surface area contributed by atoms with Gasteiger partial charge in [-0.25, -0.2) is 4.52 Å². The van der Waals surface area contributed by atoms with E-state index in [1.807, 2.05) is 30.9 Å². The molecule has 1 aliphatic heterocycles. The molecule has 0 unspecified atom stereocenters. The van der Waals surface area contributed by atoms with Crippen LogP contribution >= 0.6 is 0 Å². The number of nitrogens with zero attached hydrogens (tertiary/aromatic N) is 4. The fraction of sp³-hybridized carbons (Fsp3) is 0.467. The topological polar surface area (TPSA) is 54.2 Å². The van der Waals surface area contributed by atoms with E-state index in [1.165, 1.54) is 0 Å². The highest BCUT2D eigenvalue weighted by atomic mass is 15.4. The lowest BCUT2D eigenvalue weighted by Crippen LogP contribution is -3.12. The Morgan fingerprint density at radius 2 is 1.95 bits per heavy atom. The molecule has 0 aliphatic carbocycles. The van der Waals surface area contributed by atoms with E-state index in [0.717, 1.165) is 48.9 Å². The van der Waals surface area contributed by atoms with Crippen molar-refractivity contribution in [1.29, 1.82) is 0 Å². The van der Waals surface area contributed by atoms with Gasteiger partial charge in [0.05, 0.1) is 38.9 Å². The molecule has 0 atom stereocenters. The summed E-state index contributed by atoms with van der Waals surface area (Å²) in [4.78, 5) is 5.94. The van der Waals surface area contributed by atoms with Crippen LogP contribution in [0.3, 0.4) is 0 Å². The molecule has 0 amide bonds. The Hall–Kier alpha value is -1.95. The van der Waals surface area contributed by atoms with Crippen LogP contribution in [0.1, 0.15) is 0 Å². The van der Waals surface area contributed by atoms with Crippen molar-refractivity contribution < 1.29 is 4.90 Å². The van der Waals surface area contributed by atoms with Crippen LogP contribution in [-0.4, -0.2) is 56.9 Å².